The first-order chi connectivity index (χ1) is 19.0. The Morgan fingerprint density at radius 3 is 2.15 bits per heavy atom. The van der Waals surface area contributed by atoms with Crippen molar-refractivity contribution in [3.63, 3.8) is 0 Å². The quantitative estimate of drug-likeness (QED) is 0.339. The van der Waals surface area contributed by atoms with Crippen molar-refractivity contribution in [2.45, 2.75) is 64.6 Å². The number of rotatable bonds is 12. The summed E-state index contributed by atoms with van der Waals surface area (Å²) in [5.74, 6) is -0.244. The average Bonchev–Trinajstić information content (AvgIpc) is 2.94. The molecular formula is C31H39N3O5S. The molecule has 0 aromatic heterocycles. The lowest BCUT2D eigenvalue weighted by atomic mass is 10.1. The number of amides is 2. The summed E-state index contributed by atoms with van der Waals surface area (Å²) >= 11 is 0. The van der Waals surface area contributed by atoms with Gasteiger partial charge in [-0.15, -0.1) is 0 Å². The fraction of sp³-hybridized carbons (Fsp3) is 0.355. The zero-order chi connectivity index (χ0) is 29.4. The Kier molecular flexibility index (Phi) is 10.3. The molecule has 214 valence electrons. The maximum atomic E-state index is 14.0. The summed E-state index contributed by atoms with van der Waals surface area (Å²) in [4.78, 5) is 28.6. The van der Waals surface area contributed by atoms with Gasteiger partial charge >= 0.3 is 0 Å². The largest absolute Gasteiger partial charge is 0.497 e. The summed E-state index contributed by atoms with van der Waals surface area (Å²) in [7, 11) is -2.60. The molecule has 8 nitrogen and oxygen atoms in total. The fourth-order valence-corrected chi connectivity index (χ4v) is 5.58. The van der Waals surface area contributed by atoms with Gasteiger partial charge in [0.15, 0.2) is 0 Å². The van der Waals surface area contributed by atoms with Gasteiger partial charge in [-0.3, -0.25) is 13.9 Å². The van der Waals surface area contributed by atoms with Gasteiger partial charge in [-0.1, -0.05) is 54.4 Å². The highest BCUT2D eigenvalue weighted by Crippen LogP contribution is 2.27. The molecule has 1 N–H and O–H groups in total. The molecule has 0 fully saturated rings. The lowest BCUT2D eigenvalue weighted by Crippen LogP contribution is -2.52. The zero-order valence-corrected chi connectivity index (χ0v) is 24.9. The number of nitrogens with zero attached hydrogens (tertiary/aromatic N) is 2. The Morgan fingerprint density at radius 1 is 0.925 bits per heavy atom. The van der Waals surface area contributed by atoms with Crippen molar-refractivity contribution in [3.8, 4) is 5.75 Å². The van der Waals surface area contributed by atoms with Crippen molar-refractivity contribution >= 4 is 27.5 Å². The van der Waals surface area contributed by atoms with E-state index in [4.69, 9.17) is 4.74 Å². The van der Waals surface area contributed by atoms with Gasteiger partial charge in [-0.25, -0.2) is 8.42 Å². The van der Waals surface area contributed by atoms with Gasteiger partial charge in [0.25, 0.3) is 10.0 Å². The molecular weight excluding hydrogens is 526 g/mol. The van der Waals surface area contributed by atoms with Gasteiger partial charge in [0.1, 0.15) is 18.3 Å². The van der Waals surface area contributed by atoms with E-state index in [2.05, 4.69) is 5.32 Å². The smallest absolute Gasteiger partial charge is 0.264 e. The lowest BCUT2D eigenvalue weighted by molar-refractivity contribution is -0.139. The number of carbonyl (C=O) groups excluding carboxylic acids is 2. The highest BCUT2D eigenvalue weighted by atomic mass is 32.2. The third-order valence-electron chi connectivity index (χ3n) is 6.85. The summed E-state index contributed by atoms with van der Waals surface area (Å²) in [5, 5.41) is 2.94. The van der Waals surface area contributed by atoms with Gasteiger partial charge < -0.3 is 15.0 Å². The molecule has 0 heterocycles. The van der Waals surface area contributed by atoms with E-state index in [1.807, 2.05) is 52.0 Å². The van der Waals surface area contributed by atoms with Crippen LogP contribution in [-0.2, 0) is 26.2 Å². The molecule has 0 radical (unpaired) electrons. The molecule has 0 bridgehead atoms. The number of nitrogens with one attached hydrogen (secondary N) is 1. The molecule has 0 aliphatic heterocycles. The van der Waals surface area contributed by atoms with Crippen molar-refractivity contribution in [3.05, 3.63) is 89.5 Å². The molecule has 0 unspecified atom stereocenters. The van der Waals surface area contributed by atoms with E-state index >= 15 is 0 Å². The van der Waals surface area contributed by atoms with Crippen molar-refractivity contribution in [2.75, 3.05) is 18.0 Å². The van der Waals surface area contributed by atoms with Crippen LogP contribution in [-0.4, -0.2) is 50.9 Å². The number of ether oxygens (including phenoxy) is 1. The second-order valence-electron chi connectivity index (χ2n) is 10.0. The topological polar surface area (TPSA) is 96.0 Å². The van der Waals surface area contributed by atoms with Crippen LogP contribution >= 0.6 is 0 Å². The van der Waals surface area contributed by atoms with Crippen LogP contribution in [0.3, 0.4) is 0 Å². The molecule has 9 heteroatoms. The maximum absolute atomic E-state index is 14.0. The average molecular weight is 566 g/mol. The molecule has 0 aliphatic carbocycles. The van der Waals surface area contributed by atoms with Gasteiger partial charge in [0.05, 0.1) is 17.7 Å². The van der Waals surface area contributed by atoms with Crippen LogP contribution in [0.4, 0.5) is 5.69 Å². The van der Waals surface area contributed by atoms with Crippen LogP contribution in [0.1, 0.15) is 43.9 Å². The first kappa shape index (κ1) is 30.7. The van der Waals surface area contributed by atoms with Crippen LogP contribution in [0, 0.1) is 13.8 Å². The van der Waals surface area contributed by atoms with Gasteiger partial charge in [-0.05, 0) is 76.1 Å². The molecule has 0 aliphatic rings. The Labute approximate surface area is 238 Å². The van der Waals surface area contributed by atoms with E-state index in [-0.39, 0.29) is 23.4 Å². The van der Waals surface area contributed by atoms with E-state index in [1.54, 1.807) is 43.3 Å². The highest BCUT2D eigenvalue weighted by Gasteiger charge is 2.32. The minimum absolute atomic E-state index is 0.0644. The number of aryl methyl sites for hydroxylation is 2. The highest BCUT2D eigenvalue weighted by molar-refractivity contribution is 7.92. The molecule has 40 heavy (non-hydrogen) atoms. The molecule has 0 saturated heterocycles. The molecule has 2 atom stereocenters. The number of hydrogen-bond acceptors (Lipinski definition) is 5. The maximum Gasteiger partial charge on any atom is 0.264 e. The Morgan fingerprint density at radius 2 is 1.57 bits per heavy atom. The van der Waals surface area contributed by atoms with E-state index in [1.165, 1.54) is 24.1 Å². The van der Waals surface area contributed by atoms with Gasteiger partial charge in [-0.2, -0.15) is 0 Å². The molecule has 3 rings (SSSR count). The van der Waals surface area contributed by atoms with Crippen LogP contribution in [0.2, 0.25) is 0 Å². The van der Waals surface area contributed by atoms with E-state index < -0.39 is 28.5 Å². The predicted octanol–water partition coefficient (Wildman–Crippen LogP) is 4.84. The van der Waals surface area contributed by atoms with Gasteiger partial charge in [0, 0.05) is 12.6 Å². The number of anilines is 1. The summed E-state index contributed by atoms with van der Waals surface area (Å²) in [6.07, 6.45) is 0.740. The van der Waals surface area contributed by atoms with Crippen LogP contribution in [0.15, 0.2) is 77.7 Å². The number of sulfonamides is 1. The van der Waals surface area contributed by atoms with Crippen molar-refractivity contribution in [2.24, 2.45) is 0 Å². The Hall–Kier alpha value is -3.85. The SMILES string of the molecule is CC[C@H](C)NC(=O)[C@H](C)N(Cc1cccc(C)c1)C(=O)CN(c1ccc(OC)cc1)S(=O)(=O)c1ccc(C)cc1. The normalized spacial score (nSPS) is 12.8. The van der Waals surface area contributed by atoms with E-state index in [0.717, 1.165) is 27.4 Å². The van der Waals surface area contributed by atoms with Crippen LogP contribution < -0.4 is 14.4 Å². The summed E-state index contributed by atoms with van der Waals surface area (Å²) < 4.78 is 34.1. The third-order valence-corrected chi connectivity index (χ3v) is 8.64. The predicted molar refractivity (Wildman–Crippen MR) is 158 cm³/mol. The minimum Gasteiger partial charge on any atom is -0.497 e. The first-order valence-electron chi connectivity index (χ1n) is 13.3. The third kappa shape index (κ3) is 7.63. The second kappa shape index (κ2) is 13.5. The second-order valence-corrected chi connectivity index (χ2v) is 11.9. The number of benzene rings is 3. The van der Waals surface area contributed by atoms with Crippen molar-refractivity contribution in [1.29, 1.82) is 0 Å². The minimum atomic E-state index is -4.12. The molecule has 2 amide bonds. The van der Waals surface area contributed by atoms with E-state index in [0.29, 0.717) is 11.4 Å². The Bertz CT molecular complexity index is 1410. The monoisotopic (exact) mass is 565 g/mol. The number of hydrogen-bond donors (Lipinski definition) is 1. The lowest BCUT2D eigenvalue weighted by Gasteiger charge is -2.32. The fourth-order valence-electron chi connectivity index (χ4n) is 4.17. The summed E-state index contributed by atoms with van der Waals surface area (Å²) in [6, 6.07) is 19.7. The molecule has 0 saturated carbocycles. The van der Waals surface area contributed by atoms with Gasteiger partial charge in [0.2, 0.25) is 11.8 Å². The van der Waals surface area contributed by atoms with E-state index in [9.17, 15) is 18.0 Å². The molecule has 3 aromatic rings. The number of carbonyl (C=O) groups is 2. The molecule has 3 aromatic carbocycles. The zero-order valence-electron chi connectivity index (χ0n) is 24.0. The van der Waals surface area contributed by atoms with Crippen LogP contribution in [0.25, 0.3) is 0 Å². The number of methoxy groups -OCH3 is 1. The summed E-state index contributed by atoms with van der Waals surface area (Å²) in [5.41, 5.74) is 3.08. The first-order valence-corrected chi connectivity index (χ1v) is 14.8. The van der Waals surface area contributed by atoms with Crippen LogP contribution in [0.5, 0.6) is 5.75 Å². The van der Waals surface area contributed by atoms with Crippen molar-refractivity contribution < 1.29 is 22.7 Å². The Balaban J connectivity index is 2.03. The molecule has 0 spiro atoms. The van der Waals surface area contributed by atoms with Crippen molar-refractivity contribution in [1.82, 2.24) is 10.2 Å². The summed E-state index contributed by atoms with van der Waals surface area (Å²) in [6.45, 7) is 9.01. The standard InChI is InChI=1S/C31H39N3O5S/c1-7-24(4)32-31(36)25(5)33(20-26-10-8-9-23(3)19-26)30(35)21-34(27-13-15-28(39-6)16-14-27)40(37,38)29-17-11-22(2)12-18-29/h8-19,24-25H,7,20-21H2,1-6H3,(H,32,36)/t24-,25-/m0/s1.